The Kier molecular flexibility index (Phi) is 2.26. The van der Waals surface area contributed by atoms with Crippen molar-refractivity contribution in [2.24, 2.45) is 11.3 Å². The Morgan fingerprint density at radius 3 is 3.00 bits per heavy atom. The predicted octanol–water partition coefficient (Wildman–Crippen LogP) is 2.07. The van der Waals surface area contributed by atoms with E-state index in [2.05, 4.69) is 13.8 Å². The van der Waals surface area contributed by atoms with E-state index in [1.54, 1.807) is 6.08 Å². The molecule has 2 rings (SSSR count). The summed E-state index contributed by atoms with van der Waals surface area (Å²) in [6, 6.07) is 0. The summed E-state index contributed by atoms with van der Waals surface area (Å²) in [5.74, 6) is 0.518. The average Bonchev–Trinajstić information content (AvgIpc) is 2.11. The highest BCUT2D eigenvalue weighted by atomic mass is 16.3. The molecule has 0 radical (unpaired) electrons. The van der Waals surface area contributed by atoms with Gasteiger partial charge in [-0.05, 0) is 31.3 Å². The normalized spacial score (nSPS) is 43.1. The van der Waals surface area contributed by atoms with Crippen LogP contribution in [0, 0.1) is 11.3 Å². The minimum Gasteiger partial charge on any atom is -0.392 e. The molecule has 0 saturated heterocycles. The van der Waals surface area contributed by atoms with Gasteiger partial charge in [-0.1, -0.05) is 19.4 Å². The molecule has 0 aromatic carbocycles. The Labute approximate surface area is 85.0 Å². The van der Waals surface area contributed by atoms with Crippen LogP contribution in [0.25, 0.3) is 0 Å². The number of aliphatic hydroxyl groups excluding tert-OH is 1. The Morgan fingerprint density at radius 2 is 2.29 bits per heavy atom. The van der Waals surface area contributed by atoms with Gasteiger partial charge in [-0.25, -0.2) is 0 Å². The van der Waals surface area contributed by atoms with Crippen molar-refractivity contribution in [3.63, 3.8) is 0 Å². The molecular weight excluding hydrogens is 176 g/mol. The molecule has 0 amide bonds. The highest BCUT2D eigenvalue weighted by molar-refractivity contribution is 5.92. The van der Waals surface area contributed by atoms with Crippen LogP contribution in [0.3, 0.4) is 0 Å². The van der Waals surface area contributed by atoms with E-state index in [4.69, 9.17) is 0 Å². The van der Waals surface area contributed by atoms with Crippen LogP contribution in [0.2, 0.25) is 0 Å². The largest absolute Gasteiger partial charge is 0.392 e. The van der Waals surface area contributed by atoms with Crippen molar-refractivity contribution >= 4 is 5.78 Å². The van der Waals surface area contributed by atoms with Crippen LogP contribution < -0.4 is 0 Å². The fraction of sp³-hybridized carbons (Fsp3) is 0.750. The van der Waals surface area contributed by atoms with E-state index in [-0.39, 0.29) is 23.2 Å². The fourth-order valence-corrected chi connectivity index (χ4v) is 2.91. The minimum atomic E-state index is -0.259. The third-order valence-corrected chi connectivity index (χ3v) is 4.17. The van der Waals surface area contributed by atoms with E-state index in [0.717, 1.165) is 19.3 Å². The molecule has 2 heteroatoms. The lowest BCUT2D eigenvalue weighted by atomic mass is 9.59. The maximum Gasteiger partial charge on any atom is 0.155 e. The minimum absolute atomic E-state index is 0.133. The molecule has 1 N–H and O–H groups in total. The summed E-state index contributed by atoms with van der Waals surface area (Å²) < 4.78 is 0. The summed E-state index contributed by atoms with van der Waals surface area (Å²) in [6.45, 7) is 4.19. The van der Waals surface area contributed by atoms with E-state index in [1.807, 2.05) is 0 Å². The smallest absolute Gasteiger partial charge is 0.155 e. The highest BCUT2D eigenvalue weighted by Gasteiger charge is 2.46. The van der Waals surface area contributed by atoms with Gasteiger partial charge in [-0.15, -0.1) is 0 Å². The number of carbonyl (C=O) groups excluding carboxylic acids is 1. The lowest BCUT2D eigenvalue weighted by molar-refractivity contribution is -0.118. The summed E-state index contributed by atoms with van der Waals surface area (Å²) in [5.41, 5.74) is 1.05. The molecular formula is C12H18O2. The molecule has 78 valence electrons. The zero-order chi connectivity index (χ0) is 10.3. The van der Waals surface area contributed by atoms with Crippen molar-refractivity contribution in [1.82, 2.24) is 0 Å². The van der Waals surface area contributed by atoms with E-state index >= 15 is 0 Å². The number of ketones is 1. The molecule has 0 aliphatic heterocycles. The number of hydrogen-bond acceptors (Lipinski definition) is 2. The van der Waals surface area contributed by atoms with Crippen LogP contribution in [0.15, 0.2) is 11.6 Å². The maximum atomic E-state index is 11.4. The van der Waals surface area contributed by atoms with E-state index < -0.39 is 0 Å². The van der Waals surface area contributed by atoms with Gasteiger partial charge in [0.1, 0.15) is 0 Å². The van der Waals surface area contributed by atoms with Crippen LogP contribution >= 0.6 is 0 Å². The van der Waals surface area contributed by atoms with Crippen LogP contribution in [0.5, 0.6) is 0 Å². The first-order valence-corrected chi connectivity index (χ1v) is 5.47. The van der Waals surface area contributed by atoms with Crippen LogP contribution in [-0.2, 0) is 4.79 Å². The van der Waals surface area contributed by atoms with Gasteiger partial charge in [-0.2, -0.15) is 0 Å². The molecule has 0 spiro atoms. The second-order valence-corrected chi connectivity index (χ2v) is 4.93. The molecule has 3 atom stereocenters. The quantitative estimate of drug-likeness (QED) is 0.641. The third kappa shape index (κ3) is 1.24. The summed E-state index contributed by atoms with van der Waals surface area (Å²) in [7, 11) is 0. The highest BCUT2D eigenvalue weighted by Crippen LogP contribution is 2.49. The number of fused-ring (bicyclic) bond motifs is 1. The lowest BCUT2D eigenvalue weighted by Gasteiger charge is -2.47. The van der Waals surface area contributed by atoms with Gasteiger partial charge in [0.05, 0.1) is 6.10 Å². The van der Waals surface area contributed by atoms with Gasteiger partial charge >= 0.3 is 0 Å². The summed E-state index contributed by atoms with van der Waals surface area (Å²) >= 11 is 0. The van der Waals surface area contributed by atoms with Crippen LogP contribution in [0.1, 0.15) is 39.5 Å². The molecule has 2 aliphatic rings. The van der Waals surface area contributed by atoms with E-state index in [9.17, 15) is 9.90 Å². The molecule has 0 aromatic rings. The topological polar surface area (TPSA) is 37.3 Å². The molecule has 1 saturated carbocycles. The Morgan fingerprint density at radius 1 is 1.57 bits per heavy atom. The number of rotatable bonds is 0. The molecule has 2 nitrogen and oxygen atoms in total. The molecule has 0 aromatic heterocycles. The van der Waals surface area contributed by atoms with Gasteiger partial charge in [-0.3, -0.25) is 4.79 Å². The van der Waals surface area contributed by atoms with E-state index in [0.29, 0.717) is 6.42 Å². The Bertz CT molecular complexity index is 293. The van der Waals surface area contributed by atoms with Gasteiger partial charge < -0.3 is 5.11 Å². The molecule has 1 fully saturated rings. The molecule has 14 heavy (non-hydrogen) atoms. The van der Waals surface area contributed by atoms with Crippen LogP contribution in [-0.4, -0.2) is 17.0 Å². The summed E-state index contributed by atoms with van der Waals surface area (Å²) in [6.07, 6.45) is 5.00. The number of aliphatic hydroxyl groups is 1. The fourth-order valence-electron chi connectivity index (χ4n) is 2.91. The molecule has 2 aliphatic carbocycles. The van der Waals surface area contributed by atoms with Gasteiger partial charge in [0, 0.05) is 11.8 Å². The molecule has 0 heterocycles. The van der Waals surface area contributed by atoms with Crippen molar-refractivity contribution in [1.29, 1.82) is 0 Å². The summed E-state index contributed by atoms with van der Waals surface area (Å²) in [5, 5.41) is 10.1. The maximum absolute atomic E-state index is 11.4. The predicted molar refractivity (Wildman–Crippen MR) is 54.8 cm³/mol. The van der Waals surface area contributed by atoms with Crippen molar-refractivity contribution in [2.75, 3.05) is 0 Å². The molecule has 0 unspecified atom stereocenters. The second-order valence-electron chi connectivity index (χ2n) is 4.93. The van der Waals surface area contributed by atoms with Crippen molar-refractivity contribution in [3.8, 4) is 0 Å². The van der Waals surface area contributed by atoms with E-state index in [1.165, 1.54) is 5.57 Å². The average molecular weight is 194 g/mol. The number of allylic oxidation sites excluding steroid dienone is 1. The second kappa shape index (κ2) is 3.20. The number of hydrogen-bond donors (Lipinski definition) is 1. The first-order chi connectivity index (χ1) is 6.55. The van der Waals surface area contributed by atoms with Gasteiger partial charge in [0.2, 0.25) is 0 Å². The van der Waals surface area contributed by atoms with Gasteiger partial charge in [0.25, 0.3) is 0 Å². The lowest BCUT2D eigenvalue weighted by Crippen LogP contribution is -2.45. The Hall–Kier alpha value is -0.630. The summed E-state index contributed by atoms with van der Waals surface area (Å²) in [4.78, 5) is 11.4. The van der Waals surface area contributed by atoms with Gasteiger partial charge in [0.15, 0.2) is 5.78 Å². The van der Waals surface area contributed by atoms with Crippen molar-refractivity contribution < 1.29 is 9.90 Å². The zero-order valence-electron chi connectivity index (χ0n) is 8.92. The molecule has 0 bridgehead atoms. The monoisotopic (exact) mass is 194 g/mol. The van der Waals surface area contributed by atoms with Crippen molar-refractivity contribution in [2.45, 2.75) is 45.6 Å². The first-order valence-electron chi connectivity index (χ1n) is 5.47. The van der Waals surface area contributed by atoms with Crippen molar-refractivity contribution in [3.05, 3.63) is 11.6 Å². The first kappa shape index (κ1) is 9.91. The standard InChI is InChI=1S/C12H18O2/c1-8-6-10(13)7-9-4-3-5-11(14)12(8,9)2/h7-8,11,14H,3-6H2,1-2H3/t8-,11-,12-/m1/s1. The zero-order valence-corrected chi connectivity index (χ0v) is 8.92. The number of carbonyl (C=O) groups is 1. The SMILES string of the molecule is C[C@@H]1CC(=O)C=C2CCC[C@@H](O)[C@@]21C. The Balaban J connectivity index is 2.41. The third-order valence-electron chi connectivity index (χ3n) is 4.17. The van der Waals surface area contributed by atoms with Crippen LogP contribution in [0.4, 0.5) is 0 Å².